The number of amides is 1. The lowest BCUT2D eigenvalue weighted by Gasteiger charge is -2.32. The first kappa shape index (κ1) is 16.9. The van der Waals surface area contributed by atoms with E-state index >= 15 is 0 Å². The topological polar surface area (TPSA) is 105 Å². The van der Waals surface area contributed by atoms with Crippen molar-refractivity contribution in [1.82, 2.24) is 10.3 Å². The Bertz CT molecular complexity index is 796. The van der Waals surface area contributed by atoms with Gasteiger partial charge in [-0.15, -0.1) is 11.3 Å². The van der Waals surface area contributed by atoms with Crippen LogP contribution in [0.5, 0.6) is 0 Å². The molecule has 1 aromatic carbocycles. The van der Waals surface area contributed by atoms with Crippen molar-refractivity contribution < 1.29 is 13.2 Å². The Labute approximate surface area is 144 Å². The van der Waals surface area contributed by atoms with Gasteiger partial charge in [-0.25, -0.2) is 18.5 Å². The van der Waals surface area contributed by atoms with Crippen molar-refractivity contribution in [2.45, 2.75) is 23.8 Å². The van der Waals surface area contributed by atoms with Crippen molar-refractivity contribution in [1.29, 1.82) is 0 Å². The maximum absolute atomic E-state index is 12.3. The fourth-order valence-electron chi connectivity index (χ4n) is 2.65. The molecule has 1 amide bonds. The summed E-state index contributed by atoms with van der Waals surface area (Å²) in [5.74, 6) is -0.205. The van der Waals surface area contributed by atoms with Crippen molar-refractivity contribution in [3.63, 3.8) is 0 Å². The van der Waals surface area contributed by atoms with Crippen LogP contribution in [0.1, 0.15) is 23.2 Å². The molecule has 1 saturated heterocycles. The molecule has 7 nitrogen and oxygen atoms in total. The lowest BCUT2D eigenvalue weighted by molar-refractivity contribution is 0.0931. The van der Waals surface area contributed by atoms with Crippen LogP contribution in [0, 0.1) is 0 Å². The first-order chi connectivity index (χ1) is 11.4. The van der Waals surface area contributed by atoms with E-state index in [0.717, 1.165) is 31.1 Å². The zero-order valence-electron chi connectivity index (χ0n) is 12.9. The highest BCUT2D eigenvalue weighted by atomic mass is 32.2. The van der Waals surface area contributed by atoms with E-state index in [9.17, 15) is 13.2 Å². The molecule has 1 aliphatic heterocycles. The van der Waals surface area contributed by atoms with Crippen LogP contribution in [0.15, 0.2) is 40.7 Å². The smallest absolute Gasteiger partial charge is 0.251 e. The van der Waals surface area contributed by atoms with Crippen molar-refractivity contribution in [3.05, 3.63) is 41.4 Å². The lowest BCUT2D eigenvalue weighted by atomic mass is 10.0. The molecule has 0 aliphatic carbocycles. The predicted octanol–water partition coefficient (Wildman–Crippen LogP) is 1.19. The molecule has 0 saturated carbocycles. The Morgan fingerprint density at radius 2 is 1.92 bits per heavy atom. The molecule has 1 aromatic heterocycles. The Balaban J connectivity index is 1.56. The van der Waals surface area contributed by atoms with Gasteiger partial charge < -0.3 is 10.2 Å². The standard InChI is InChI=1S/C15H18N4O3S2/c16-24(21,22)13-3-1-11(2-4-13)14(20)18-12-5-8-19(9-6-12)15-17-7-10-23-15/h1-4,7,10,12H,5-6,8-9H2,(H,18,20)(H2,16,21,22). The average molecular weight is 366 g/mol. The van der Waals surface area contributed by atoms with Gasteiger partial charge in [-0.3, -0.25) is 4.79 Å². The van der Waals surface area contributed by atoms with Gasteiger partial charge in [0.1, 0.15) is 0 Å². The fourth-order valence-corrected chi connectivity index (χ4v) is 3.86. The molecule has 1 fully saturated rings. The number of piperidine rings is 1. The number of hydrogen-bond acceptors (Lipinski definition) is 6. The van der Waals surface area contributed by atoms with Gasteiger partial charge in [0.15, 0.2) is 5.13 Å². The van der Waals surface area contributed by atoms with E-state index in [1.165, 1.54) is 24.3 Å². The SMILES string of the molecule is NS(=O)(=O)c1ccc(C(=O)NC2CCN(c3nccs3)CC2)cc1. The molecule has 128 valence electrons. The number of nitrogens with two attached hydrogens (primary N) is 1. The predicted molar refractivity (Wildman–Crippen MR) is 92.6 cm³/mol. The Morgan fingerprint density at radius 3 is 2.46 bits per heavy atom. The monoisotopic (exact) mass is 366 g/mol. The van der Waals surface area contributed by atoms with E-state index in [0.29, 0.717) is 5.56 Å². The molecule has 2 aromatic rings. The summed E-state index contributed by atoms with van der Waals surface area (Å²) in [6.07, 6.45) is 3.49. The summed E-state index contributed by atoms with van der Waals surface area (Å²) in [6.45, 7) is 1.70. The third kappa shape index (κ3) is 3.92. The number of thiazole rings is 1. The Kier molecular flexibility index (Phi) is 4.83. The zero-order valence-corrected chi connectivity index (χ0v) is 14.5. The van der Waals surface area contributed by atoms with Crippen molar-refractivity contribution in [3.8, 4) is 0 Å². The number of benzene rings is 1. The molecule has 1 aliphatic rings. The Hall–Kier alpha value is -1.97. The molecule has 3 rings (SSSR count). The number of rotatable bonds is 4. The van der Waals surface area contributed by atoms with E-state index in [1.54, 1.807) is 17.5 Å². The number of nitrogens with zero attached hydrogens (tertiary/aromatic N) is 2. The molecule has 9 heteroatoms. The van der Waals surface area contributed by atoms with Crippen LogP contribution < -0.4 is 15.4 Å². The molecule has 3 N–H and O–H groups in total. The highest BCUT2D eigenvalue weighted by Gasteiger charge is 2.22. The van der Waals surface area contributed by atoms with Crippen molar-refractivity contribution in [2.24, 2.45) is 5.14 Å². The number of carbonyl (C=O) groups is 1. The number of hydrogen-bond donors (Lipinski definition) is 2. The highest BCUT2D eigenvalue weighted by Crippen LogP contribution is 2.22. The van der Waals surface area contributed by atoms with Gasteiger partial charge in [0.25, 0.3) is 5.91 Å². The lowest BCUT2D eigenvalue weighted by Crippen LogP contribution is -2.44. The summed E-state index contributed by atoms with van der Waals surface area (Å²) in [6, 6.07) is 5.73. The van der Waals surface area contributed by atoms with Crippen LogP contribution in [-0.2, 0) is 10.0 Å². The molecular formula is C15H18N4O3S2. The third-order valence-corrected chi connectivity index (χ3v) is 5.73. The molecule has 0 bridgehead atoms. The summed E-state index contributed by atoms with van der Waals surface area (Å²) in [5.41, 5.74) is 0.421. The summed E-state index contributed by atoms with van der Waals surface area (Å²) in [4.78, 5) is 18.8. The average Bonchev–Trinajstić information content (AvgIpc) is 3.09. The van der Waals surface area contributed by atoms with Crippen LogP contribution in [-0.4, -0.2) is 38.4 Å². The second-order valence-electron chi connectivity index (χ2n) is 5.62. The molecule has 0 unspecified atom stereocenters. The number of sulfonamides is 1. The molecule has 24 heavy (non-hydrogen) atoms. The van der Waals surface area contributed by atoms with Crippen molar-refractivity contribution in [2.75, 3.05) is 18.0 Å². The second kappa shape index (κ2) is 6.88. The number of anilines is 1. The molecule has 0 radical (unpaired) electrons. The summed E-state index contributed by atoms with van der Waals surface area (Å²) < 4.78 is 22.5. The van der Waals surface area contributed by atoms with Crippen LogP contribution >= 0.6 is 11.3 Å². The van der Waals surface area contributed by atoms with E-state index in [1.807, 2.05) is 5.38 Å². The minimum atomic E-state index is -3.74. The van der Waals surface area contributed by atoms with E-state index in [-0.39, 0.29) is 16.8 Å². The molecular weight excluding hydrogens is 348 g/mol. The second-order valence-corrected chi connectivity index (χ2v) is 8.05. The van der Waals surface area contributed by atoms with Crippen LogP contribution in [0.4, 0.5) is 5.13 Å². The number of carbonyl (C=O) groups excluding carboxylic acids is 1. The first-order valence-electron chi connectivity index (χ1n) is 7.51. The maximum atomic E-state index is 12.3. The largest absolute Gasteiger partial charge is 0.349 e. The Morgan fingerprint density at radius 1 is 1.25 bits per heavy atom. The van der Waals surface area contributed by atoms with Crippen LogP contribution in [0.25, 0.3) is 0 Å². The summed E-state index contributed by atoms with van der Waals surface area (Å²) in [5, 5.41) is 11.0. The summed E-state index contributed by atoms with van der Waals surface area (Å²) >= 11 is 1.61. The summed E-state index contributed by atoms with van der Waals surface area (Å²) in [7, 11) is -3.74. The van der Waals surface area contributed by atoms with Gasteiger partial charge in [-0.05, 0) is 37.1 Å². The van der Waals surface area contributed by atoms with Gasteiger partial charge in [-0.2, -0.15) is 0 Å². The van der Waals surface area contributed by atoms with Gasteiger partial charge in [-0.1, -0.05) is 0 Å². The van der Waals surface area contributed by atoms with Crippen LogP contribution in [0.3, 0.4) is 0 Å². The molecule has 2 heterocycles. The van der Waals surface area contributed by atoms with Gasteiger partial charge in [0.2, 0.25) is 10.0 Å². The number of primary sulfonamides is 1. The highest BCUT2D eigenvalue weighted by molar-refractivity contribution is 7.89. The minimum absolute atomic E-state index is 0.00388. The fraction of sp³-hybridized carbons (Fsp3) is 0.333. The van der Waals surface area contributed by atoms with Gasteiger partial charge >= 0.3 is 0 Å². The minimum Gasteiger partial charge on any atom is -0.349 e. The maximum Gasteiger partial charge on any atom is 0.251 e. The quantitative estimate of drug-likeness (QED) is 0.845. The zero-order chi connectivity index (χ0) is 17.2. The number of nitrogens with one attached hydrogen (secondary N) is 1. The van der Waals surface area contributed by atoms with E-state index < -0.39 is 10.0 Å². The van der Waals surface area contributed by atoms with Gasteiger partial charge in [0.05, 0.1) is 4.90 Å². The van der Waals surface area contributed by atoms with E-state index in [2.05, 4.69) is 15.2 Å². The van der Waals surface area contributed by atoms with Crippen LogP contribution in [0.2, 0.25) is 0 Å². The number of aromatic nitrogens is 1. The van der Waals surface area contributed by atoms with Gasteiger partial charge in [0, 0.05) is 36.3 Å². The molecule has 0 atom stereocenters. The third-order valence-electron chi connectivity index (χ3n) is 3.97. The van der Waals surface area contributed by atoms with Crippen molar-refractivity contribution >= 4 is 32.4 Å². The first-order valence-corrected chi connectivity index (χ1v) is 9.94. The molecule has 0 spiro atoms. The van der Waals surface area contributed by atoms with E-state index in [4.69, 9.17) is 5.14 Å². The normalized spacial score (nSPS) is 16.1.